The Morgan fingerprint density at radius 1 is 1.53 bits per heavy atom. The normalized spacial score (nSPS) is 14.3. The highest BCUT2D eigenvalue weighted by Crippen LogP contribution is 2.28. The minimum Gasteiger partial charge on any atom is -0.480 e. The number of carboxylic acid groups (broad SMARTS) is 1. The molecule has 0 saturated carbocycles. The first-order chi connectivity index (χ1) is 8.02. The fourth-order valence-electron chi connectivity index (χ4n) is 1.56. The van der Waals surface area contributed by atoms with Crippen molar-refractivity contribution in [1.82, 2.24) is 5.32 Å². The fourth-order valence-corrected chi connectivity index (χ4v) is 2.24. The van der Waals surface area contributed by atoms with Gasteiger partial charge in [-0.25, -0.2) is 4.79 Å². The van der Waals surface area contributed by atoms with Crippen molar-refractivity contribution < 1.29 is 14.6 Å². The van der Waals surface area contributed by atoms with Crippen molar-refractivity contribution in [2.75, 3.05) is 20.3 Å². The van der Waals surface area contributed by atoms with Crippen LogP contribution in [0.15, 0.2) is 28.7 Å². The van der Waals surface area contributed by atoms with Crippen LogP contribution in [0.2, 0.25) is 0 Å². The fraction of sp³-hybridized carbons (Fsp3) is 0.417. The quantitative estimate of drug-likeness (QED) is 0.789. The molecule has 0 aliphatic rings. The topological polar surface area (TPSA) is 58.6 Å². The van der Waals surface area contributed by atoms with Crippen molar-refractivity contribution in [2.24, 2.45) is 0 Å². The highest BCUT2D eigenvalue weighted by atomic mass is 79.9. The maximum atomic E-state index is 11.4. The molecule has 1 rings (SSSR count). The van der Waals surface area contributed by atoms with Gasteiger partial charge in [-0.2, -0.15) is 0 Å². The summed E-state index contributed by atoms with van der Waals surface area (Å²) in [5, 5.41) is 12.4. The Balaban J connectivity index is 2.99. The van der Waals surface area contributed by atoms with E-state index in [0.717, 1.165) is 4.47 Å². The molecule has 94 valence electrons. The van der Waals surface area contributed by atoms with E-state index in [2.05, 4.69) is 21.2 Å². The van der Waals surface area contributed by atoms with E-state index in [1.807, 2.05) is 18.2 Å². The van der Waals surface area contributed by atoms with Gasteiger partial charge in [0.15, 0.2) is 0 Å². The average Bonchev–Trinajstić information content (AvgIpc) is 2.29. The van der Waals surface area contributed by atoms with Crippen LogP contribution in [0.4, 0.5) is 0 Å². The molecule has 0 spiro atoms. The van der Waals surface area contributed by atoms with Gasteiger partial charge in [0, 0.05) is 18.1 Å². The van der Waals surface area contributed by atoms with Gasteiger partial charge < -0.3 is 9.84 Å². The lowest BCUT2D eigenvalue weighted by atomic mass is 9.92. The minimum absolute atomic E-state index is 0.466. The minimum atomic E-state index is -1.13. The third-order valence-electron chi connectivity index (χ3n) is 2.63. The third kappa shape index (κ3) is 3.28. The number of carboxylic acids is 1. The Hall–Kier alpha value is -0.910. The lowest BCUT2D eigenvalue weighted by molar-refractivity contribution is -0.144. The number of benzene rings is 1. The number of hydrogen-bond donors (Lipinski definition) is 2. The summed E-state index contributed by atoms with van der Waals surface area (Å²) in [5.74, 6) is -0.916. The van der Waals surface area contributed by atoms with E-state index in [0.29, 0.717) is 18.7 Å². The Labute approximate surface area is 109 Å². The smallest absolute Gasteiger partial charge is 0.328 e. The van der Waals surface area contributed by atoms with Crippen LogP contribution >= 0.6 is 15.9 Å². The SMILES string of the molecule is COCCNC(C)(C(=O)O)c1ccccc1Br. The molecule has 0 amide bonds. The van der Waals surface area contributed by atoms with Crippen LogP contribution in [0, 0.1) is 0 Å². The summed E-state index contributed by atoms with van der Waals surface area (Å²) >= 11 is 3.37. The third-order valence-corrected chi connectivity index (χ3v) is 3.32. The zero-order chi connectivity index (χ0) is 12.9. The molecule has 0 radical (unpaired) electrons. The first kappa shape index (κ1) is 14.2. The van der Waals surface area contributed by atoms with Gasteiger partial charge in [0.2, 0.25) is 0 Å². The van der Waals surface area contributed by atoms with E-state index in [4.69, 9.17) is 4.74 Å². The van der Waals surface area contributed by atoms with Gasteiger partial charge in [0.1, 0.15) is 5.54 Å². The summed E-state index contributed by atoms with van der Waals surface area (Å²) in [6, 6.07) is 7.29. The number of nitrogens with one attached hydrogen (secondary N) is 1. The first-order valence-corrected chi connectivity index (χ1v) is 6.04. The van der Waals surface area contributed by atoms with E-state index in [9.17, 15) is 9.90 Å². The number of ether oxygens (including phenoxy) is 1. The van der Waals surface area contributed by atoms with Crippen LogP contribution in [0.3, 0.4) is 0 Å². The number of methoxy groups -OCH3 is 1. The van der Waals surface area contributed by atoms with Crippen molar-refractivity contribution in [3.8, 4) is 0 Å². The number of rotatable bonds is 6. The highest BCUT2D eigenvalue weighted by Gasteiger charge is 2.35. The molecule has 0 bridgehead atoms. The van der Waals surface area contributed by atoms with E-state index in [-0.39, 0.29) is 0 Å². The zero-order valence-corrected chi connectivity index (χ0v) is 11.5. The van der Waals surface area contributed by atoms with Gasteiger partial charge in [-0.05, 0) is 18.6 Å². The number of aliphatic carboxylic acids is 1. The molecule has 1 aromatic rings. The zero-order valence-electron chi connectivity index (χ0n) is 9.87. The first-order valence-electron chi connectivity index (χ1n) is 5.24. The molecule has 0 aliphatic carbocycles. The van der Waals surface area contributed by atoms with Crippen molar-refractivity contribution >= 4 is 21.9 Å². The summed E-state index contributed by atoms with van der Waals surface area (Å²) < 4.78 is 5.69. The molecule has 1 unspecified atom stereocenters. The predicted octanol–water partition coefficient (Wildman–Crippen LogP) is 1.98. The van der Waals surface area contributed by atoms with E-state index < -0.39 is 11.5 Å². The van der Waals surface area contributed by atoms with Gasteiger partial charge in [-0.15, -0.1) is 0 Å². The summed E-state index contributed by atoms with van der Waals surface area (Å²) in [6.45, 7) is 2.58. The summed E-state index contributed by atoms with van der Waals surface area (Å²) in [7, 11) is 1.58. The molecule has 4 nitrogen and oxygen atoms in total. The maximum Gasteiger partial charge on any atom is 0.328 e. The highest BCUT2D eigenvalue weighted by molar-refractivity contribution is 9.10. The summed E-state index contributed by atoms with van der Waals surface area (Å²) in [6.07, 6.45) is 0. The van der Waals surface area contributed by atoms with Crippen molar-refractivity contribution in [3.63, 3.8) is 0 Å². The number of hydrogen-bond acceptors (Lipinski definition) is 3. The van der Waals surface area contributed by atoms with Crippen LogP contribution in [-0.2, 0) is 15.1 Å². The maximum absolute atomic E-state index is 11.4. The van der Waals surface area contributed by atoms with Crippen molar-refractivity contribution in [1.29, 1.82) is 0 Å². The monoisotopic (exact) mass is 301 g/mol. The second-order valence-corrected chi connectivity index (χ2v) is 4.68. The molecule has 0 aliphatic heterocycles. The molecule has 0 heterocycles. The molecule has 17 heavy (non-hydrogen) atoms. The van der Waals surface area contributed by atoms with Crippen LogP contribution in [0.1, 0.15) is 12.5 Å². The lowest BCUT2D eigenvalue weighted by Crippen LogP contribution is -2.48. The van der Waals surface area contributed by atoms with Crippen LogP contribution in [0.5, 0.6) is 0 Å². The molecular formula is C12H16BrNO3. The molecular weight excluding hydrogens is 286 g/mol. The molecule has 2 N–H and O–H groups in total. The van der Waals surface area contributed by atoms with Crippen molar-refractivity contribution in [2.45, 2.75) is 12.5 Å². The Morgan fingerprint density at radius 2 is 2.18 bits per heavy atom. The van der Waals surface area contributed by atoms with Crippen LogP contribution in [-0.4, -0.2) is 31.3 Å². The molecule has 0 aromatic heterocycles. The molecule has 0 saturated heterocycles. The Kier molecular flexibility index (Phi) is 5.11. The average molecular weight is 302 g/mol. The Morgan fingerprint density at radius 3 is 2.71 bits per heavy atom. The number of halogens is 1. The van der Waals surface area contributed by atoms with Gasteiger partial charge in [-0.1, -0.05) is 34.1 Å². The lowest BCUT2D eigenvalue weighted by Gasteiger charge is -2.27. The van der Waals surface area contributed by atoms with Crippen molar-refractivity contribution in [3.05, 3.63) is 34.3 Å². The summed E-state index contributed by atoms with van der Waals surface area (Å²) in [4.78, 5) is 11.4. The van der Waals surface area contributed by atoms with Crippen LogP contribution < -0.4 is 5.32 Å². The van der Waals surface area contributed by atoms with Gasteiger partial charge >= 0.3 is 5.97 Å². The summed E-state index contributed by atoms with van der Waals surface area (Å²) in [5.41, 5.74) is -0.429. The van der Waals surface area contributed by atoms with E-state index in [1.54, 1.807) is 20.1 Å². The van der Waals surface area contributed by atoms with Crippen LogP contribution in [0.25, 0.3) is 0 Å². The standard InChI is InChI=1S/C12H16BrNO3/c1-12(11(15)16,14-7-8-17-2)9-5-3-4-6-10(9)13/h3-6,14H,7-8H2,1-2H3,(H,15,16). The molecule has 1 atom stereocenters. The van der Waals surface area contributed by atoms with Gasteiger partial charge in [-0.3, -0.25) is 5.32 Å². The second kappa shape index (κ2) is 6.14. The molecule has 5 heteroatoms. The van der Waals surface area contributed by atoms with E-state index >= 15 is 0 Å². The van der Waals surface area contributed by atoms with Gasteiger partial charge in [0.25, 0.3) is 0 Å². The largest absolute Gasteiger partial charge is 0.480 e. The predicted molar refractivity (Wildman–Crippen MR) is 69.0 cm³/mol. The van der Waals surface area contributed by atoms with E-state index in [1.165, 1.54) is 0 Å². The molecule has 1 aromatic carbocycles. The van der Waals surface area contributed by atoms with Gasteiger partial charge in [0.05, 0.1) is 6.61 Å². The molecule has 0 fully saturated rings. The second-order valence-electron chi connectivity index (χ2n) is 3.83. The Bertz CT molecular complexity index is 397. The number of carbonyl (C=O) groups is 1.